The van der Waals surface area contributed by atoms with Crippen molar-refractivity contribution in [3.8, 4) is 5.75 Å². The lowest BCUT2D eigenvalue weighted by Crippen LogP contribution is -2.41. The van der Waals surface area contributed by atoms with Gasteiger partial charge in [0, 0.05) is 25.3 Å². The predicted octanol–water partition coefficient (Wildman–Crippen LogP) is 3.42. The lowest BCUT2D eigenvalue weighted by molar-refractivity contribution is 0.0772. The molecule has 2 rings (SSSR count). The van der Waals surface area contributed by atoms with Crippen LogP contribution in [0, 0.1) is 12.8 Å². The van der Waals surface area contributed by atoms with Gasteiger partial charge >= 0.3 is 0 Å². The second kappa shape index (κ2) is 8.81. The van der Waals surface area contributed by atoms with Crippen LogP contribution in [0.15, 0.2) is 42.6 Å². The molecule has 2 aromatic rings. The maximum atomic E-state index is 9.89. The van der Waals surface area contributed by atoms with E-state index in [9.17, 15) is 5.11 Å². The van der Waals surface area contributed by atoms with Gasteiger partial charge in [-0.05, 0) is 42.2 Å². The molecule has 130 valence electrons. The highest BCUT2D eigenvalue weighted by Crippen LogP contribution is 2.20. The Balaban J connectivity index is 2.23. The van der Waals surface area contributed by atoms with Crippen LogP contribution in [0.25, 0.3) is 0 Å². The van der Waals surface area contributed by atoms with E-state index in [-0.39, 0.29) is 12.6 Å². The van der Waals surface area contributed by atoms with E-state index in [2.05, 4.69) is 48.9 Å². The van der Waals surface area contributed by atoms with E-state index in [0.29, 0.717) is 5.92 Å². The van der Waals surface area contributed by atoms with Gasteiger partial charge in [0.15, 0.2) is 0 Å². The molecule has 0 unspecified atom stereocenters. The number of benzene rings is 1. The maximum absolute atomic E-state index is 9.89. The zero-order chi connectivity index (χ0) is 17.5. The first-order valence-corrected chi connectivity index (χ1v) is 8.43. The van der Waals surface area contributed by atoms with Crippen molar-refractivity contribution in [2.75, 3.05) is 13.7 Å². The van der Waals surface area contributed by atoms with Crippen molar-refractivity contribution in [2.45, 2.75) is 39.9 Å². The standard InChI is InChI=1S/C20H28N2O2/c1-15(2)20(14-23)22(13-19-16(3)6-5-11-21-19)12-17-7-9-18(24-4)10-8-17/h5-11,15,20,23H,12-14H2,1-4H3/t20-/m1/s1. The lowest BCUT2D eigenvalue weighted by Gasteiger charge is -2.33. The van der Waals surface area contributed by atoms with Crippen LogP contribution in [0.5, 0.6) is 5.75 Å². The number of aromatic nitrogens is 1. The summed E-state index contributed by atoms with van der Waals surface area (Å²) in [4.78, 5) is 6.83. The highest BCUT2D eigenvalue weighted by atomic mass is 16.5. The minimum Gasteiger partial charge on any atom is -0.497 e. The number of nitrogens with zero attached hydrogens (tertiary/aromatic N) is 2. The van der Waals surface area contributed by atoms with Gasteiger partial charge in [0.25, 0.3) is 0 Å². The molecule has 1 atom stereocenters. The van der Waals surface area contributed by atoms with Gasteiger partial charge in [-0.15, -0.1) is 0 Å². The van der Waals surface area contributed by atoms with Crippen molar-refractivity contribution in [3.63, 3.8) is 0 Å². The predicted molar refractivity (Wildman–Crippen MR) is 96.9 cm³/mol. The van der Waals surface area contributed by atoms with E-state index in [0.717, 1.165) is 24.5 Å². The third kappa shape index (κ3) is 4.79. The average Bonchev–Trinajstić information content (AvgIpc) is 2.58. The van der Waals surface area contributed by atoms with Crippen LogP contribution < -0.4 is 4.74 Å². The summed E-state index contributed by atoms with van der Waals surface area (Å²) in [5, 5.41) is 9.89. The molecule has 1 aromatic carbocycles. The Morgan fingerprint density at radius 3 is 2.38 bits per heavy atom. The van der Waals surface area contributed by atoms with Gasteiger partial charge < -0.3 is 9.84 Å². The smallest absolute Gasteiger partial charge is 0.118 e. The molecule has 0 bridgehead atoms. The summed E-state index contributed by atoms with van der Waals surface area (Å²) < 4.78 is 5.23. The van der Waals surface area contributed by atoms with Crippen LogP contribution in [-0.2, 0) is 13.1 Å². The van der Waals surface area contributed by atoms with E-state index in [1.165, 1.54) is 11.1 Å². The van der Waals surface area contributed by atoms with Gasteiger partial charge in [0.2, 0.25) is 0 Å². The van der Waals surface area contributed by atoms with Gasteiger partial charge in [-0.2, -0.15) is 0 Å². The molecule has 0 amide bonds. The Labute approximate surface area is 145 Å². The molecule has 0 aliphatic carbocycles. The number of aryl methyl sites for hydroxylation is 1. The fourth-order valence-corrected chi connectivity index (χ4v) is 2.88. The topological polar surface area (TPSA) is 45.6 Å². The zero-order valence-electron chi connectivity index (χ0n) is 15.1. The molecule has 0 saturated carbocycles. The quantitative estimate of drug-likeness (QED) is 0.806. The largest absolute Gasteiger partial charge is 0.497 e. The van der Waals surface area contributed by atoms with Crippen LogP contribution in [0.2, 0.25) is 0 Å². The average molecular weight is 328 g/mol. The number of aliphatic hydroxyl groups is 1. The molecule has 0 aliphatic heterocycles. The number of pyridine rings is 1. The minimum absolute atomic E-state index is 0.0912. The molecule has 0 spiro atoms. The van der Waals surface area contributed by atoms with Gasteiger partial charge in [0.1, 0.15) is 5.75 Å². The molecule has 0 saturated heterocycles. The number of ether oxygens (including phenoxy) is 1. The van der Waals surface area contributed by atoms with E-state index < -0.39 is 0 Å². The second-order valence-corrected chi connectivity index (χ2v) is 6.51. The van der Waals surface area contributed by atoms with Crippen LogP contribution in [0.4, 0.5) is 0 Å². The van der Waals surface area contributed by atoms with Crippen LogP contribution >= 0.6 is 0 Å². The summed E-state index contributed by atoms with van der Waals surface area (Å²) >= 11 is 0. The SMILES string of the molecule is COc1ccc(CN(Cc2ncccc2C)[C@H](CO)C(C)C)cc1. The van der Waals surface area contributed by atoms with E-state index in [1.54, 1.807) is 7.11 Å². The first-order valence-electron chi connectivity index (χ1n) is 8.43. The molecule has 1 N–H and O–H groups in total. The highest BCUT2D eigenvalue weighted by molar-refractivity contribution is 5.27. The summed E-state index contributed by atoms with van der Waals surface area (Å²) in [7, 11) is 1.67. The van der Waals surface area contributed by atoms with E-state index >= 15 is 0 Å². The molecule has 1 heterocycles. The Hall–Kier alpha value is -1.91. The molecule has 0 aliphatic rings. The third-order valence-electron chi connectivity index (χ3n) is 4.44. The van der Waals surface area contributed by atoms with Crippen molar-refractivity contribution in [3.05, 3.63) is 59.4 Å². The molecule has 24 heavy (non-hydrogen) atoms. The van der Waals surface area contributed by atoms with Crippen LogP contribution in [-0.4, -0.2) is 34.7 Å². The van der Waals surface area contributed by atoms with Gasteiger partial charge in [-0.25, -0.2) is 0 Å². The first-order chi connectivity index (χ1) is 11.5. The third-order valence-corrected chi connectivity index (χ3v) is 4.44. The van der Waals surface area contributed by atoms with Crippen molar-refractivity contribution in [1.29, 1.82) is 0 Å². The number of hydrogen-bond donors (Lipinski definition) is 1. The van der Waals surface area contributed by atoms with Crippen LogP contribution in [0.1, 0.15) is 30.7 Å². The summed E-state index contributed by atoms with van der Waals surface area (Å²) in [6.07, 6.45) is 1.83. The maximum Gasteiger partial charge on any atom is 0.118 e. The molecular formula is C20H28N2O2. The first kappa shape index (κ1) is 18.4. The molecule has 4 heteroatoms. The van der Waals surface area contributed by atoms with Crippen LogP contribution in [0.3, 0.4) is 0 Å². The Morgan fingerprint density at radius 2 is 1.83 bits per heavy atom. The highest BCUT2D eigenvalue weighted by Gasteiger charge is 2.22. The summed E-state index contributed by atoms with van der Waals surface area (Å²) in [6.45, 7) is 8.00. The Kier molecular flexibility index (Phi) is 6.76. The lowest BCUT2D eigenvalue weighted by atomic mass is 10.0. The van der Waals surface area contributed by atoms with Crippen molar-refractivity contribution in [1.82, 2.24) is 9.88 Å². The molecule has 0 radical (unpaired) electrons. The molecule has 4 nitrogen and oxygen atoms in total. The molecular weight excluding hydrogens is 300 g/mol. The summed E-state index contributed by atoms with van der Waals surface area (Å²) in [5.41, 5.74) is 3.44. The fourth-order valence-electron chi connectivity index (χ4n) is 2.88. The van der Waals surface area contributed by atoms with Crippen molar-refractivity contribution >= 4 is 0 Å². The number of hydrogen-bond acceptors (Lipinski definition) is 4. The van der Waals surface area contributed by atoms with Crippen molar-refractivity contribution in [2.24, 2.45) is 5.92 Å². The second-order valence-electron chi connectivity index (χ2n) is 6.51. The van der Waals surface area contributed by atoms with Gasteiger partial charge in [-0.3, -0.25) is 9.88 Å². The van der Waals surface area contributed by atoms with E-state index in [4.69, 9.17) is 4.74 Å². The molecule has 1 aromatic heterocycles. The Morgan fingerprint density at radius 1 is 1.12 bits per heavy atom. The van der Waals surface area contributed by atoms with Gasteiger partial charge in [-0.1, -0.05) is 32.0 Å². The minimum atomic E-state index is 0.0912. The molecule has 0 fully saturated rings. The van der Waals surface area contributed by atoms with Crippen molar-refractivity contribution < 1.29 is 9.84 Å². The number of rotatable bonds is 8. The fraction of sp³-hybridized carbons (Fsp3) is 0.450. The normalized spacial score (nSPS) is 12.6. The summed E-state index contributed by atoms with van der Waals surface area (Å²) in [6, 6.07) is 12.2. The monoisotopic (exact) mass is 328 g/mol. The van der Waals surface area contributed by atoms with E-state index in [1.807, 2.05) is 24.4 Å². The zero-order valence-corrected chi connectivity index (χ0v) is 15.1. The number of aliphatic hydroxyl groups excluding tert-OH is 1. The number of methoxy groups -OCH3 is 1. The van der Waals surface area contributed by atoms with Gasteiger partial charge in [0.05, 0.1) is 19.4 Å². The summed E-state index contributed by atoms with van der Waals surface area (Å²) in [5.74, 6) is 1.21. The Bertz CT molecular complexity index is 626.